The van der Waals surface area contributed by atoms with E-state index in [1.165, 1.54) is 5.56 Å². The van der Waals surface area contributed by atoms with E-state index in [4.69, 9.17) is 4.74 Å². The van der Waals surface area contributed by atoms with Crippen LogP contribution in [-0.2, 0) is 6.54 Å². The third kappa shape index (κ3) is 2.81. The number of hydrogen-bond acceptors (Lipinski definition) is 3. The third-order valence-corrected chi connectivity index (χ3v) is 3.37. The maximum atomic E-state index is 12.3. The van der Waals surface area contributed by atoms with E-state index in [1.54, 1.807) is 10.9 Å². The highest BCUT2D eigenvalue weighted by atomic mass is 16.5. The third-order valence-electron chi connectivity index (χ3n) is 3.37. The van der Waals surface area contributed by atoms with E-state index >= 15 is 0 Å². The minimum Gasteiger partial charge on any atom is -0.492 e. The van der Waals surface area contributed by atoms with Gasteiger partial charge in [-0.3, -0.25) is 9.36 Å². The molecule has 0 fully saturated rings. The first-order valence-corrected chi connectivity index (χ1v) is 6.88. The topological polar surface area (TPSA) is 59.9 Å². The molecule has 5 heteroatoms. The van der Waals surface area contributed by atoms with E-state index < -0.39 is 0 Å². The summed E-state index contributed by atoms with van der Waals surface area (Å²) in [5.41, 5.74) is 2.71. The molecule has 0 aliphatic rings. The Morgan fingerprint density at radius 3 is 2.76 bits per heavy atom. The molecule has 1 N–H and O–H groups in total. The van der Waals surface area contributed by atoms with Gasteiger partial charge in [-0.1, -0.05) is 17.7 Å². The number of hydrogen-bond donors (Lipinski definition) is 1. The predicted molar refractivity (Wildman–Crippen MR) is 81.8 cm³/mol. The summed E-state index contributed by atoms with van der Waals surface area (Å²) >= 11 is 0. The minimum absolute atomic E-state index is 0.0446. The molecule has 0 aliphatic carbocycles. The molecule has 0 atom stereocenters. The summed E-state index contributed by atoms with van der Waals surface area (Å²) in [5, 5.41) is 0.616. The van der Waals surface area contributed by atoms with Gasteiger partial charge in [-0.25, -0.2) is 4.98 Å². The molecular weight excluding hydrogens is 266 g/mol. The number of rotatable bonds is 4. The zero-order valence-corrected chi connectivity index (χ0v) is 12.1. The van der Waals surface area contributed by atoms with Gasteiger partial charge >= 0.3 is 0 Å². The quantitative estimate of drug-likeness (QED) is 0.800. The molecule has 2 heterocycles. The molecule has 0 unspecified atom stereocenters. The lowest BCUT2D eigenvalue weighted by atomic mass is 10.2. The molecule has 0 spiro atoms. The van der Waals surface area contributed by atoms with Gasteiger partial charge in [0.05, 0.1) is 11.9 Å². The first kappa shape index (κ1) is 13.4. The van der Waals surface area contributed by atoms with E-state index in [2.05, 4.69) is 9.97 Å². The average Bonchev–Trinajstić information content (AvgIpc) is 2.85. The molecule has 0 saturated carbocycles. The second-order valence-corrected chi connectivity index (χ2v) is 5.12. The molecule has 0 bridgehead atoms. The smallest absolute Gasteiger partial charge is 0.262 e. The fraction of sp³-hybridized carbons (Fsp3) is 0.250. The Morgan fingerprint density at radius 2 is 2.00 bits per heavy atom. The number of ether oxygens (including phenoxy) is 1. The van der Waals surface area contributed by atoms with Crippen LogP contribution < -0.4 is 10.3 Å². The van der Waals surface area contributed by atoms with Crippen molar-refractivity contribution in [2.75, 3.05) is 6.61 Å². The monoisotopic (exact) mass is 283 g/mol. The number of aromatic amines is 1. The highest BCUT2D eigenvalue weighted by Gasteiger charge is 2.06. The SMILES string of the molecule is Cc1ccc(OCCn2cnc3[nH]c(C)cc3c2=O)cc1. The largest absolute Gasteiger partial charge is 0.492 e. The van der Waals surface area contributed by atoms with Gasteiger partial charge in [0.2, 0.25) is 0 Å². The number of fused-ring (bicyclic) bond motifs is 1. The first-order valence-electron chi connectivity index (χ1n) is 6.88. The summed E-state index contributed by atoms with van der Waals surface area (Å²) in [6.07, 6.45) is 1.55. The summed E-state index contributed by atoms with van der Waals surface area (Å²) in [6.45, 7) is 4.84. The lowest BCUT2D eigenvalue weighted by Gasteiger charge is -2.08. The van der Waals surface area contributed by atoms with Crippen LogP contribution in [0.4, 0.5) is 0 Å². The van der Waals surface area contributed by atoms with Crippen LogP contribution in [0.25, 0.3) is 11.0 Å². The van der Waals surface area contributed by atoms with E-state index in [0.717, 1.165) is 11.4 Å². The molecule has 0 aliphatic heterocycles. The lowest BCUT2D eigenvalue weighted by Crippen LogP contribution is -2.23. The van der Waals surface area contributed by atoms with Crippen LogP contribution >= 0.6 is 0 Å². The molecule has 0 saturated heterocycles. The Morgan fingerprint density at radius 1 is 1.24 bits per heavy atom. The van der Waals surface area contributed by atoms with Gasteiger partial charge in [-0.15, -0.1) is 0 Å². The van der Waals surface area contributed by atoms with Gasteiger partial charge in [0.25, 0.3) is 5.56 Å². The van der Waals surface area contributed by atoms with E-state index in [-0.39, 0.29) is 5.56 Å². The van der Waals surface area contributed by atoms with E-state index in [0.29, 0.717) is 24.2 Å². The van der Waals surface area contributed by atoms with Crippen LogP contribution in [0, 0.1) is 13.8 Å². The van der Waals surface area contributed by atoms with Gasteiger partial charge in [0, 0.05) is 5.69 Å². The predicted octanol–water partition coefficient (Wildman–Crippen LogP) is 2.42. The summed E-state index contributed by atoms with van der Waals surface area (Å²) < 4.78 is 7.22. The van der Waals surface area contributed by atoms with Gasteiger partial charge in [0.1, 0.15) is 24.3 Å². The van der Waals surface area contributed by atoms with E-state index in [1.807, 2.05) is 44.2 Å². The highest BCUT2D eigenvalue weighted by molar-refractivity contribution is 5.74. The number of aromatic nitrogens is 3. The van der Waals surface area contributed by atoms with Crippen molar-refractivity contribution >= 4 is 11.0 Å². The molecule has 1 aromatic carbocycles. The van der Waals surface area contributed by atoms with Crippen molar-refractivity contribution in [2.45, 2.75) is 20.4 Å². The Labute approximate surface area is 122 Å². The number of aryl methyl sites for hydroxylation is 2. The van der Waals surface area contributed by atoms with Crippen LogP contribution in [0.15, 0.2) is 41.5 Å². The maximum absolute atomic E-state index is 12.3. The van der Waals surface area contributed by atoms with E-state index in [9.17, 15) is 4.79 Å². The Hall–Kier alpha value is -2.56. The summed E-state index contributed by atoms with van der Waals surface area (Å²) in [5.74, 6) is 0.806. The van der Waals surface area contributed by atoms with Gasteiger partial charge in [-0.05, 0) is 32.0 Å². The zero-order chi connectivity index (χ0) is 14.8. The minimum atomic E-state index is -0.0446. The van der Waals surface area contributed by atoms with Gasteiger partial charge < -0.3 is 9.72 Å². The van der Waals surface area contributed by atoms with Crippen molar-refractivity contribution in [1.29, 1.82) is 0 Å². The number of nitrogens with one attached hydrogen (secondary N) is 1. The Balaban J connectivity index is 1.72. The second kappa shape index (κ2) is 5.44. The summed E-state index contributed by atoms with van der Waals surface area (Å²) in [7, 11) is 0. The molecule has 0 radical (unpaired) electrons. The number of benzene rings is 1. The fourth-order valence-electron chi connectivity index (χ4n) is 2.23. The zero-order valence-electron chi connectivity index (χ0n) is 12.1. The second-order valence-electron chi connectivity index (χ2n) is 5.12. The molecule has 3 aromatic rings. The molecule has 108 valence electrons. The molecule has 5 nitrogen and oxygen atoms in total. The number of nitrogens with zero attached hydrogens (tertiary/aromatic N) is 2. The van der Waals surface area contributed by atoms with Crippen molar-refractivity contribution in [3.05, 3.63) is 58.3 Å². The maximum Gasteiger partial charge on any atom is 0.262 e. The van der Waals surface area contributed by atoms with Crippen LogP contribution in [0.2, 0.25) is 0 Å². The molecule has 3 rings (SSSR count). The average molecular weight is 283 g/mol. The fourth-order valence-corrected chi connectivity index (χ4v) is 2.23. The highest BCUT2D eigenvalue weighted by Crippen LogP contribution is 2.11. The van der Waals surface area contributed by atoms with Crippen molar-refractivity contribution < 1.29 is 4.74 Å². The Kier molecular flexibility index (Phi) is 3.48. The van der Waals surface area contributed by atoms with Crippen molar-refractivity contribution in [2.24, 2.45) is 0 Å². The van der Waals surface area contributed by atoms with Crippen molar-refractivity contribution in [3.63, 3.8) is 0 Å². The first-order chi connectivity index (χ1) is 10.1. The van der Waals surface area contributed by atoms with Crippen LogP contribution in [-0.4, -0.2) is 21.1 Å². The standard InChI is InChI=1S/C16H17N3O2/c1-11-3-5-13(6-4-11)21-8-7-19-10-17-15-14(16(19)20)9-12(2)18-15/h3-6,9-10,18H,7-8H2,1-2H3. The lowest BCUT2D eigenvalue weighted by molar-refractivity contribution is 0.296. The summed E-state index contributed by atoms with van der Waals surface area (Å²) in [4.78, 5) is 19.6. The summed E-state index contributed by atoms with van der Waals surface area (Å²) in [6, 6.07) is 9.67. The molecular formula is C16H17N3O2. The van der Waals surface area contributed by atoms with Crippen molar-refractivity contribution in [1.82, 2.24) is 14.5 Å². The van der Waals surface area contributed by atoms with Crippen LogP contribution in [0.3, 0.4) is 0 Å². The normalized spacial score (nSPS) is 11.0. The molecule has 21 heavy (non-hydrogen) atoms. The van der Waals surface area contributed by atoms with Crippen LogP contribution in [0.5, 0.6) is 5.75 Å². The van der Waals surface area contributed by atoms with Gasteiger partial charge in [0.15, 0.2) is 0 Å². The molecule has 2 aromatic heterocycles. The van der Waals surface area contributed by atoms with Crippen molar-refractivity contribution in [3.8, 4) is 5.75 Å². The van der Waals surface area contributed by atoms with Gasteiger partial charge in [-0.2, -0.15) is 0 Å². The Bertz CT molecular complexity index is 816. The number of H-pyrrole nitrogens is 1. The van der Waals surface area contributed by atoms with Crippen LogP contribution in [0.1, 0.15) is 11.3 Å². The molecule has 0 amide bonds.